The van der Waals surface area contributed by atoms with Crippen LogP contribution in [0.1, 0.15) is 37.1 Å². The third-order valence-corrected chi connectivity index (χ3v) is 3.53. The smallest absolute Gasteiger partial charge is 0.306 e. The van der Waals surface area contributed by atoms with Crippen LogP contribution in [0.15, 0.2) is 18.2 Å². The highest BCUT2D eigenvalue weighted by Crippen LogP contribution is 2.45. The van der Waals surface area contributed by atoms with Crippen molar-refractivity contribution in [1.82, 2.24) is 4.98 Å². The number of aromatic nitrogens is 1. The van der Waals surface area contributed by atoms with Crippen LogP contribution in [0.4, 0.5) is 0 Å². The van der Waals surface area contributed by atoms with Crippen molar-refractivity contribution in [3.8, 4) is 0 Å². The molecule has 17 heavy (non-hydrogen) atoms. The van der Waals surface area contributed by atoms with Gasteiger partial charge in [0, 0.05) is 11.1 Å². The molecule has 1 aliphatic rings. The van der Waals surface area contributed by atoms with E-state index in [1.54, 1.807) is 6.07 Å². The van der Waals surface area contributed by atoms with Gasteiger partial charge in [0.2, 0.25) is 0 Å². The van der Waals surface area contributed by atoms with Crippen LogP contribution in [0, 0.1) is 0 Å². The molecule has 1 aliphatic carbocycles. The lowest BCUT2D eigenvalue weighted by Gasteiger charge is -2.40. The molecule has 0 radical (unpaired) electrons. The van der Waals surface area contributed by atoms with E-state index in [9.17, 15) is 4.79 Å². The number of aliphatic hydroxyl groups is 1. The van der Waals surface area contributed by atoms with E-state index in [0.717, 1.165) is 25.0 Å². The molecule has 0 atom stereocenters. The van der Waals surface area contributed by atoms with Gasteiger partial charge in [0.25, 0.3) is 0 Å². The van der Waals surface area contributed by atoms with E-state index in [1.807, 2.05) is 12.1 Å². The molecule has 0 aromatic carbocycles. The Morgan fingerprint density at radius 1 is 1.53 bits per heavy atom. The van der Waals surface area contributed by atoms with Crippen molar-refractivity contribution >= 4 is 5.97 Å². The van der Waals surface area contributed by atoms with Gasteiger partial charge in [-0.1, -0.05) is 12.5 Å². The van der Waals surface area contributed by atoms with E-state index < -0.39 is 0 Å². The van der Waals surface area contributed by atoms with Crippen LogP contribution in [0.25, 0.3) is 0 Å². The second kappa shape index (κ2) is 4.84. The minimum absolute atomic E-state index is 0.0673. The third kappa shape index (κ3) is 2.31. The highest BCUT2D eigenvalue weighted by atomic mass is 16.5. The summed E-state index contributed by atoms with van der Waals surface area (Å²) in [6.07, 6.45) is 3.42. The maximum Gasteiger partial charge on any atom is 0.306 e. The molecular weight excluding hydrogens is 218 g/mol. The lowest BCUT2D eigenvalue weighted by atomic mass is 9.64. The zero-order chi connectivity index (χ0) is 12.3. The zero-order valence-electron chi connectivity index (χ0n) is 9.98. The minimum atomic E-state index is -0.194. The Morgan fingerprint density at radius 3 is 2.82 bits per heavy atom. The molecular formula is C13H17NO3. The summed E-state index contributed by atoms with van der Waals surface area (Å²) < 4.78 is 4.74. The number of nitrogens with zero attached hydrogens (tertiary/aromatic N) is 1. The molecule has 0 amide bonds. The molecule has 1 fully saturated rings. The van der Waals surface area contributed by atoms with Crippen LogP contribution in [0.2, 0.25) is 0 Å². The standard InChI is InChI=1S/C13H17NO3/c1-17-12(16)8-13(6-3-7-13)11-5-2-4-10(9-15)14-11/h2,4-5,15H,3,6-9H2,1H3. The summed E-state index contributed by atoms with van der Waals surface area (Å²) in [5.74, 6) is -0.194. The Bertz CT molecular complexity index is 413. The molecule has 1 aromatic heterocycles. The number of ether oxygens (including phenoxy) is 1. The fourth-order valence-electron chi connectivity index (χ4n) is 2.34. The fraction of sp³-hybridized carbons (Fsp3) is 0.538. The van der Waals surface area contributed by atoms with Gasteiger partial charge in [-0.25, -0.2) is 0 Å². The van der Waals surface area contributed by atoms with Crippen LogP contribution in [0.3, 0.4) is 0 Å². The first-order valence-electron chi connectivity index (χ1n) is 5.84. The monoisotopic (exact) mass is 235 g/mol. The van der Waals surface area contributed by atoms with Gasteiger partial charge < -0.3 is 9.84 Å². The number of carbonyl (C=O) groups is 1. The van der Waals surface area contributed by atoms with Crippen molar-refractivity contribution in [2.75, 3.05) is 7.11 Å². The summed E-state index contributed by atoms with van der Waals surface area (Å²) in [4.78, 5) is 15.9. The van der Waals surface area contributed by atoms with Gasteiger partial charge in [0.1, 0.15) is 0 Å². The maximum absolute atomic E-state index is 11.4. The van der Waals surface area contributed by atoms with Crippen molar-refractivity contribution in [1.29, 1.82) is 0 Å². The highest BCUT2D eigenvalue weighted by molar-refractivity contribution is 5.71. The first-order valence-corrected chi connectivity index (χ1v) is 5.84. The normalized spacial score (nSPS) is 17.3. The molecule has 0 aliphatic heterocycles. The lowest BCUT2D eigenvalue weighted by Crippen LogP contribution is -2.38. The van der Waals surface area contributed by atoms with Crippen LogP contribution in [-0.2, 0) is 21.6 Å². The molecule has 0 spiro atoms. The second-order valence-corrected chi connectivity index (χ2v) is 4.56. The van der Waals surface area contributed by atoms with Crippen molar-refractivity contribution in [3.63, 3.8) is 0 Å². The number of esters is 1. The summed E-state index contributed by atoms with van der Waals surface area (Å²) in [6.45, 7) is -0.0673. The number of carbonyl (C=O) groups excluding carboxylic acids is 1. The van der Waals surface area contributed by atoms with Gasteiger partial charge in [-0.2, -0.15) is 0 Å². The van der Waals surface area contributed by atoms with E-state index >= 15 is 0 Å². The first kappa shape index (κ1) is 12.0. The topological polar surface area (TPSA) is 59.4 Å². The van der Waals surface area contributed by atoms with E-state index in [-0.39, 0.29) is 18.0 Å². The molecule has 2 rings (SSSR count). The molecule has 0 saturated heterocycles. The molecule has 1 saturated carbocycles. The number of hydrogen-bond donors (Lipinski definition) is 1. The maximum atomic E-state index is 11.4. The molecule has 1 aromatic rings. The zero-order valence-corrected chi connectivity index (χ0v) is 9.98. The van der Waals surface area contributed by atoms with Crippen molar-refractivity contribution in [2.45, 2.75) is 37.7 Å². The number of aliphatic hydroxyl groups excluding tert-OH is 1. The van der Waals surface area contributed by atoms with Crippen molar-refractivity contribution in [3.05, 3.63) is 29.6 Å². The predicted molar refractivity (Wildman–Crippen MR) is 62.3 cm³/mol. The molecule has 1 N–H and O–H groups in total. The SMILES string of the molecule is COC(=O)CC1(c2cccc(CO)n2)CCC1. The first-order chi connectivity index (χ1) is 8.20. The minimum Gasteiger partial charge on any atom is -0.469 e. The molecule has 1 heterocycles. The predicted octanol–water partition coefficient (Wildman–Crippen LogP) is 1.56. The van der Waals surface area contributed by atoms with E-state index in [0.29, 0.717) is 12.1 Å². The summed E-state index contributed by atoms with van der Waals surface area (Å²) in [6, 6.07) is 5.60. The largest absolute Gasteiger partial charge is 0.469 e. The summed E-state index contributed by atoms with van der Waals surface area (Å²) in [7, 11) is 1.41. The van der Waals surface area contributed by atoms with E-state index in [4.69, 9.17) is 9.84 Å². The lowest BCUT2D eigenvalue weighted by molar-refractivity contribution is -0.143. The van der Waals surface area contributed by atoms with Crippen LogP contribution in [0.5, 0.6) is 0 Å². The molecule has 0 bridgehead atoms. The Hall–Kier alpha value is -1.42. The fourth-order valence-corrected chi connectivity index (χ4v) is 2.34. The Kier molecular flexibility index (Phi) is 3.43. The quantitative estimate of drug-likeness (QED) is 0.804. The van der Waals surface area contributed by atoms with Crippen LogP contribution < -0.4 is 0 Å². The van der Waals surface area contributed by atoms with E-state index in [1.165, 1.54) is 7.11 Å². The molecule has 4 nitrogen and oxygen atoms in total. The average molecular weight is 235 g/mol. The number of methoxy groups -OCH3 is 1. The van der Waals surface area contributed by atoms with Gasteiger partial charge in [0.15, 0.2) is 0 Å². The average Bonchev–Trinajstić information content (AvgIpc) is 2.33. The molecule has 0 unspecified atom stereocenters. The Morgan fingerprint density at radius 2 is 2.29 bits per heavy atom. The Labute approximate surface area is 101 Å². The van der Waals surface area contributed by atoms with Gasteiger partial charge in [-0.15, -0.1) is 0 Å². The third-order valence-electron chi connectivity index (χ3n) is 3.53. The number of pyridine rings is 1. The highest BCUT2D eigenvalue weighted by Gasteiger charge is 2.42. The second-order valence-electron chi connectivity index (χ2n) is 4.56. The number of rotatable bonds is 4. The Balaban J connectivity index is 2.24. The summed E-state index contributed by atoms with van der Waals surface area (Å²) in [5, 5.41) is 9.09. The van der Waals surface area contributed by atoms with Crippen LogP contribution in [-0.4, -0.2) is 23.2 Å². The molecule has 92 valence electrons. The van der Waals surface area contributed by atoms with E-state index in [2.05, 4.69) is 4.98 Å². The van der Waals surface area contributed by atoms with Gasteiger partial charge in [-0.05, 0) is 25.0 Å². The molecule has 4 heteroatoms. The van der Waals surface area contributed by atoms with Gasteiger partial charge >= 0.3 is 5.97 Å². The van der Waals surface area contributed by atoms with Crippen molar-refractivity contribution in [2.24, 2.45) is 0 Å². The van der Waals surface area contributed by atoms with Crippen LogP contribution >= 0.6 is 0 Å². The number of hydrogen-bond acceptors (Lipinski definition) is 4. The summed E-state index contributed by atoms with van der Waals surface area (Å²) in [5.41, 5.74) is 1.39. The van der Waals surface area contributed by atoms with Gasteiger partial charge in [0.05, 0.1) is 25.8 Å². The summed E-state index contributed by atoms with van der Waals surface area (Å²) >= 11 is 0. The van der Waals surface area contributed by atoms with Gasteiger partial charge in [-0.3, -0.25) is 9.78 Å². The van der Waals surface area contributed by atoms with Crippen molar-refractivity contribution < 1.29 is 14.6 Å².